The second-order valence-corrected chi connectivity index (χ2v) is 8.33. The lowest BCUT2D eigenvalue weighted by molar-refractivity contribution is -0.00545. The molecule has 1 fully saturated rings. The maximum Gasteiger partial charge on any atom is 0.191 e. The number of anilines is 1. The lowest BCUT2D eigenvalue weighted by Crippen LogP contribution is -2.45. The smallest absolute Gasteiger partial charge is 0.191 e. The van der Waals surface area contributed by atoms with E-state index in [4.69, 9.17) is 4.74 Å². The molecule has 3 unspecified atom stereocenters. The highest BCUT2D eigenvalue weighted by molar-refractivity contribution is 5.79. The van der Waals surface area contributed by atoms with Crippen molar-refractivity contribution in [3.63, 3.8) is 0 Å². The molecule has 0 bridgehead atoms. The van der Waals surface area contributed by atoms with Crippen molar-refractivity contribution in [3.8, 4) is 0 Å². The zero-order chi connectivity index (χ0) is 21.9. The fourth-order valence-electron chi connectivity index (χ4n) is 3.92. The number of morpholine rings is 1. The van der Waals surface area contributed by atoms with Crippen molar-refractivity contribution in [1.29, 1.82) is 0 Å². The largest absolute Gasteiger partial charge is 0.372 e. The van der Waals surface area contributed by atoms with Crippen molar-refractivity contribution >= 4 is 11.8 Å². The first-order valence-corrected chi connectivity index (χ1v) is 11.5. The van der Waals surface area contributed by atoms with Crippen molar-refractivity contribution in [2.45, 2.75) is 72.3 Å². The molecule has 1 saturated heterocycles. The van der Waals surface area contributed by atoms with Gasteiger partial charge < -0.3 is 25.2 Å². The number of hydrogen-bond donors (Lipinski definition) is 2. The van der Waals surface area contributed by atoms with Crippen LogP contribution < -0.4 is 15.5 Å². The van der Waals surface area contributed by atoms with E-state index in [0.29, 0.717) is 12.6 Å². The first kappa shape index (κ1) is 24.4. The van der Waals surface area contributed by atoms with E-state index in [1.807, 2.05) is 13.2 Å². The molecule has 7 heteroatoms. The van der Waals surface area contributed by atoms with E-state index in [2.05, 4.69) is 77.2 Å². The van der Waals surface area contributed by atoms with Crippen molar-refractivity contribution in [3.05, 3.63) is 23.9 Å². The summed E-state index contributed by atoms with van der Waals surface area (Å²) >= 11 is 0. The van der Waals surface area contributed by atoms with Gasteiger partial charge in [-0.15, -0.1) is 0 Å². The standard InChI is InChI=1S/C23H42N6O/c1-7-28(8-2)13-9-10-18(3)27-23(24-6)26-15-21-11-12-22(25-14-21)29-16-19(4)30-20(5)17-29/h11-12,14,18-20H,7-10,13,15-17H2,1-6H3,(H2,24,26,27). The second-order valence-electron chi connectivity index (χ2n) is 8.33. The summed E-state index contributed by atoms with van der Waals surface area (Å²) in [7, 11) is 1.82. The summed E-state index contributed by atoms with van der Waals surface area (Å²) in [5, 5.41) is 6.90. The third kappa shape index (κ3) is 8.11. The van der Waals surface area contributed by atoms with Crippen molar-refractivity contribution in [1.82, 2.24) is 20.5 Å². The molecule has 0 aliphatic carbocycles. The van der Waals surface area contributed by atoms with Gasteiger partial charge in [0.15, 0.2) is 5.96 Å². The summed E-state index contributed by atoms with van der Waals surface area (Å²) in [6.07, 6.45) is 4.75. The van der Waals surface area contributed by atoms with Crippen LogP contribution in [0.2, 0.25) is 0 Å². The quantitative estimate of drug-likeness (QED) is 0.450. The Balaban J connectivity index is 1.76. The molecule has 0 spiro atoms. The van der Waals surface area contributed by atoms with E-state index >= 15 is 0 Å². The molecule has 30 heavy (non-hydrogen) atoms. The molecule has 170 valence electrons. The van der Waals surface area contributed by atoms with Gasteiger partial charge in [-0.1, -0.05) is 19.9 Å². The topological polar surface area (TPSA) is 65.0 Å². The molecule has 0 aromatic carbocycles. The molecule has 7 nitrogen and oxygen atoms in total. The maximum absolute atomic E-state index is 5.82. The van der Waals surface area contributed by atoms with Crippen LogP contribution in [-0.2, 0) is 11.3 Å². The Kier molecular flexibility index (Phi) is 10.4. The summed E-state index contributed by atoms with van der Waals surface area (Å²) in [5.74, 6) is 1.86. The zero-order valence-electron chi connectivity index (χ0n) is 19.8. The number of guanidine groups is 1. The first-order chi connectivity index (χ1) is 14.4. The molecular weight excluding hydrogens is 376 g/mol. The van der Waals surface area contributed by atoms with Crippen molar-refractivity contribution in [2.24, 2.45) is 4.99 Å². The van der Waals surface area contributed by atoms with Crippen LogP contribution in [0.3, 0.4) is 0 Å². The Morgan fingerprint density at radius 1 is 1.27 bits per heavy atom. The average Bonchev–Trinajstić information content (AvgIpc) is 2.74. The number of rotatable bonds is 10. The third-order valence-corrected chi connectivity index (χ3v) is 5.63. The van der Waals surface area contributed by atoms with Crippen LogP contribution in [0, 0.1) is 0 Å². The van der Waals surface area contributed by atoms with Crippen LogP contribution in [0.25, 0.3) is 0 Å². The second kappa shape index (κ2) is 12.7. The van der Waals surface area contributed by atoms with Gasteiger partial charge in [0.2, 0.25) is 0 Å². The zero-order valence-corrected chi connectivity index (χ0v) is 19.8. The van der Waals surface area contributed by atoms with Crippen LogP contribution in [0.1, 0.15) is 53.0 Å². The predicted octanol–water partition coefficient (Wildman–Crippen LogP) is 2.87. The minimum Gasteiger partial charge on any atom is -0.372 e. The molecule has 0 radical (unpaired) electrons. The SMILES string of the molecule is CCN(CC)CCCC(C)NC(=NC)NCc1ccc(N2CC(C)OC(C)C2)nc1. The molecule has 0 saturated carbocycles. The molecule has 1 aromatic heterocycles. The minimum atomic E-state index is 0.236. The van der Waals surface area contributed by atoms with Gasteiger partial charge in [0, 0.05) is 38.9 Å². The van der Waals surface area contributed by atoms with Crippen molar-refractivity contribution < 1.29 is 4.74 Å². The maximum atomic E-state index is 5.82. The highest BCUT2D eigenvalue weighted by Crippen LogP contribution is 2.18. The lowest BCUT2D eigenvalue weighted by Gasteiger charge is -2.36. The molecule has 1 aromatic rings. The molecule has 2 rings (SSSR count). The fourth-order valence-corrected chi connectivity index (χ4v) is 3.92. The number of hydrogen-bond acceptors (Lipinski definition) is 5. The van der Waals surface area contributed by atoms with Gasteiger partial charge in [-0.05, 0) is 64.9 Å². The third-order valence-electron chi connectivity index (χ3n) is 5.63. The van der Waals surface area contributed by atoms with E-state index in [1.165, 1.54) is 6.42 Å². The number of aliphatic imine (C=N–C) groups is 1. The summed E-state index contributed by atoms with van der Waals surface area (Å²) in [6.45, 7) is 16.8. The highest BCUT2D eigenvalue weighted by atomic mass is 16.5. The van der Waals surface area contributed by atoms with Gasteiger partial charge in [-0.25, -0.2) is 4.98 Å². The van der Waals surface area contributed by atoms with Gasteiger partial charge in [0.25, 0.3) is 0 Å². The molecule has 2 N–H and O–H groups in total. The van der Waals surface area contributed by atoms with Crippen molar-refractivity contribution in [2.75, 3.05) is 44.7 Å². The van der Waals surface area contributed by atoms with Crippen LogP contribution in [0.15, 0.2) is 23.3 Å². The number of pyridine rings is 1. The number of aromatic nitrogens is 1. The Morgan fingerprint density at radius 2 is 1.97 bits per heavy atom. The van der Waals surface area contributed by atoms with Gasteiger partial charge in [0.05, 0.1) is 12.2 Å². The van der Waals surface area contributed by atoms with Crippen LogP contribution in [0.5, 0.6) is 0 Å². The number of nitrogens with zero attached hydrogens (tertiary/aromatic N) is 4. The fraction of sp³-hybridized carbons (Fsp3) is 0.739. The Labute approximate surface area is 183 Å². The molecule has 3 atom stereocenters. The van der Waals surface area contributed by atoms with Crippen LogP contribution in [-0.4, -0.2) is 73.9 Å². The van der Waals surface area contributed by atoms with Crippen LogP contribution >= 0.6 is 0 Å². The van der Waals surface area contributed by atoms with Gasteiger partial charge in [0.1, 0.15) is 5.82 Å². The monoisotopic (exact) mass is 418 g/mol. The van der Waals surface area contributed by atoms with Gasteiger partial charge in [-0.2, -0.15) is 0 Å². The van der Waals surface area contributed by atoms with E-state index in [9.17, 15) is 0 Å². The summed E-state index contributed by atoms with van der Waals surface area (Å²) in [6, 6.07) is 4.63. The Morgan fingerprint density at radius 3 is 2.53 bits per heavy atom. The van der Waals surface area contributed by atoms with E-state index < -0.39 is 0 Å². The Bertz CT molecular complexity index is 621. The normalized spacial score (nSPS) is 21.0. The van der Waals surface area contributed by atoms with E-state index in [1.54, 1.807) is 0 Å². The van der Waals surface area contributed by atoms with E-state index in [-0.39, 0.29) is 12.2 Å². The highest BCUT2D eigenvalue weighted by Gasteiger charge is 2.22. The molecule has 2 heterocycles. The van der Waals surface area contributed by atoms with E-state index in [0.717, 1.165) is 56.5 Å². The summed E-state index contributed by atoms with van der Waals surface area (Å²) in [5.41, 5.74) is 1.14. The molecule has 1 aliphatic rings. The Hall–Kier alpha value is -1.86. The van der Waals surface area contributed by atoms with Gasteiger partial charge in [-0.3, -0.25) is 4.99 Å². The van der Waals surface area contributed by atoms with Crippen LogP contribution in [0.4, 0.5) is 5.82 Å². The predicted molar refractivity (Wildman–Crippen MR) is 126 cm³/mol. The first-order valence-electron chi connectivity index (χ1n) is 11.5. The molecule has 1 aliphatic heterocycles. The minimum absolute atomic E-state index is 0.236. The number of nitrogens with one attached hydrogen (secondary N) is 2. The number of ether oxygens (including phenoxy) is 1. The molecular formula is C23H42N6O. The molecule has 0 amide bonds. The summed E-state index contributed by atoms with van der Waals surface area (Å²) in [4.78, 5) is 13.8. The lowest BCUT2D eigenvalue weighted by atomic mass is 10.2. The van der Waals surface area contributed by atoms with Gasteiger partial charge >= 0.3 is 0 Å². The summed E-state index contributed by atoms with van der Waals surface area (Å²) < 4.78 is 5.82. The average molecular weight is 419 g/mol.